The van der Waals surface area contributed by atoms with E-state index in [4.69, 9.17) is 4.74 Å². The molecule has 2 heterocycles. The van der Waals surface area contributed by atoms with Gasteiger partial charge in [0, 0.05) is 17.8 Å². The van der Waals surface area contributed by atoms with E-state index in [1.807, 2.05) is 12.3 Å². The smallest absolute Gasteiger partial charge is 0.242 e. The van der Waals surface area contributed by atoms with Gasteiger partial charge in [0.05, 0.1) is 12.9 Å². The Balaban J connectivity index is 1.36. The lowest BCUT2D eigenvalue weighted by molar-refractivity contribution is 0.127. The Morgan fingerprint density at radius 3 is 2.66 bits per heavy atom. The summed E-state index contributed by atoms with van der Waals surface area (Å²) in [6.07, 6.45) is 14.7. The minimum atomic E-state index is -3.41. The van der Waals surface area contributed by atoms with Gasteiger partial charge in [-0.15, -0.1) is 10.2 Å². The molecule has 8 heteroatoms. The maximum atomic E-state index is 11.5. The third kappa shape index (κ3) is 5.02. The molecule has 2 bridgehead atoms. The van der Waals surface area contributed by atoms with Crippen LogP contribution < -0.4 is 9.46 Å². The van der Waals surface area contributed by atoms with Crippen molar-refractivity contribution in [3.05, 3.63) is 17.8 Å². The maximum Gasteiger partial charge on any atom is 0.242 e. The molecular formula is C21H32N4O3S. The molecule has 4 rings (SSSR count). The third-order valence-electron chi connectivity index (χ3n) is 6.48. The predicted octanol–water partition coefficient (Wildman–Crippen LogP) is 4.04. The molecule has 0 aliphatic heterocycles. The van der Waals surface area contributed by atoms with E-state index in [0.29, 0.717) is 12.3 Å². The number of nitrogens with zero attached hydrogens (tertiary/aromatic N) is 3. The number of hydrogen-bond acceptors (Lipinski definition) is 5. The van der Waals surface area contributed by atoms with Crippen molar-refractivity contribution in [3.63, 3.8) is 0 Å². The van der Waals surface area contributed by atoms with Crippen molar-refractivity contribution in [2.24, 2.45) is 17.8 Å². The standard InChI is InChI=1S/C21H32N4O3S/c1-3-18-14-25-20(22-23-21(25)24-29(2,26)27)13-19(18)28-9-5-8-17-11-15-6-4-7-16(10-15)12-17/h13-17H,3-12H2,1-2H3,(H,23,24). The van der Waals surface area contributed by atoms with Gasteiger partial charge in [-0.2, -0.15) is 0 Å². The fourth-order valence-electron chi connectivity index (χ4n) is 5.25. The van der Waals surface area contributed by atoms with Gasteiger partial charge in [-0.25, -0.2) is 8.42 Å². The second-order valence-electron chi connectivity index (χ2n) is 8.87. The second-order valence-corrected chi connectivity index (χ2v) is 10.6. The van der Waals surface area contributed by atoms with Gasteiger partial charge in [0.2, 0.25) is 16.0 Å². The van der Waals surface area contributed by atoms with E-state index in [1.165, 1.54) is 44.9 Å². The molecule has 1 N–H and O–H groups in total. The van der Waals surface area contributed by atoms with Crippen LogP contribution in [0.4, 0.5) is 5.95 Å². The molecule has 2 unspecified atom stereocenters. The van der Waals surface area contributed by atoms with Crippen molar-refractivity contribution in [3.8, 4) is 5.75 Å². The van der Waals surface area contributed by atoms with Crippen LogP contribution in [0.25, 0.3) is 5.65 Å². The largest absolute Gasteiger partial charge is 0.493 e. The lowest BCUT2D eigenvalue weighted by Crippen LogP contribution is -2.27. The Kier molecular flexibility index (Phi) is 5.99. The quantitative estimate of drug-likeness (QED) is 0.652. The number of nitrogens with one attached hydrogen (secondary N) is 1. The van der Waals surface area contributed by atoms with E-state index in [9.17, 15) is 8.42 Å². The molecular weight excluding hydrogens is 388 g/mol. The number of fused-ring (bicyclic) bond motifs is 3. The molecule has 0 amide bonds. The highest BCUT2D eigenvalue weighted by Gasteiger charge is 2.31. The number of aryl methyl sites for hydroxylation is 1. The minimum Gasteiger partial charge on any atom is -0.493 e. The number of anilines is 1. The highest BCUT2D eigenvalue weighted by molar-refractivity contribution is 7.91. The number of ether oxygens (including phenoxy) is 1. The van der Waals surface area contributed by atoms with Crippen LogP contribution >= 0.6 is 0 Å². The summed E-state index contributed by atoms with van der Waals surface area (Å²) < 4.78 is 33.2. The lowest BCUT2D eigenvalue weighted by atomic mass is 9.67. The van der Waals surface area contributed by atoms with E-state index < -0.39 is 10.0 Å². The normalized spacial score (nSPS) is 24.6. The summed E-state index contributed by atoms with van der Waals surface area (Å²) in [5.41, 5.74) is 1.59. The highest BCUT2D eigenvalue weighted by atomic mass is 32.2. The zero-order valence-corrected chi connectivity index (χ0v) is 18.2. The van der Waals surface area contributed by atoms with E-state index in [-0.39, 0.29) is 5.95 Å². The highest BCUT2D eigenvalue weighted by Crippen LogP contribution is 2.43. The van der Waals surface area contributed by atoms with E-state index in [0.717, 1.165) is 48.2 Å². The van der Waals surface area contributed by atoms with Crippen LogP contribution in [0.5, 0.6) is 5.75 Å². The topological polar surface area (TPSA) is 85.6 Å². The Hall–Kier alpha value is -1.83. The number of rotatable bonds is 8. The Labute approximate surface area is 173 Å². The number of aromatic nitrogens is 3. The molecule has 2 atom stereocenters. The molecule has 0 saturated heterocycles. The molecule has 2 fully saturated rings. The molecule has 0 radical (unpaired) electrons. The Morgan fingerprint density at radius 2 is 1.97 bits per heavy atom. The summed E-state index contributed by atoms with van der Waals surface area (Å²) in [4.78, 5) is 0. The van der Waals surface area contributed by atoms with Crippen LogP contribution in [-0.2, 0) is 16.4 Å². The molecule has 2 aromatic rings. The molecule has 2 aromatic heterocycles. The summed E-state index contributed by atoms with van der Waals surface area (Å²) in [6, 6.07) is 1.85. The number of hydrogen-bond donors (Lipinski definition) is 1. The van der Waals surface area contributed by atoms with Gasteiger partial charge >= 0.3 is 0 Å². The van der Waals surface area contributed by atoms with E-state index >= 15 is 0 Å². The molecule has 7 nitrogen and oxygen atoms in total. The van der Waals surface area contributed by atoms with Crippen molar-refractivity contribution in [2.45, 2.75) is 64.7 Å². The predicted molar refractivity (Wildman–Crippen MR) is 114 cm³/mol. The van der Waals surface area contributed by atoms with Crippen LogP contribution in [0.3, 0.4) is 0 Å². The van der Waals surface area contributed by atoms with Gasteiger partial charge in [-0.3, -0.25) is 9.12 Å². The van der Waals surface area contributed by atoms with Gasteiger partial charge in [0.15, 0.2) is 5.65 Å². The molecule has 160 valence electrons. The molecule has 2 aliphatic carbocycles. The summed E-state index contributed by atoms with van der Waals surface area (Å²) >= 11 is 0. The van der Waals surface area contributed by atoms with Crippen LogP contribution in [0.2, 0.25) is 0 Å². The van der Waals surface area contributed by atoms with Crippen molar-refractivity contribution in [1.82, 2.24) is 14.6 Å². The third-order valence-corrected chi connectivity index (χ3v) is 7.03. The first-order valence-corrected chi connectivity index (χ1v) is 12.8. The van der Waals surface area contributed by atoms with Crippen LogP contribution in [0, 0.1) is 17.8 Å². The number of sulfonamides is 1. The average molecular weight is 421 g/mol. The first kappa shape index (κ1) is 20.4. The lowest BCUT2D eigenvalue weighted by Gasteiger charge is -2.39. The van der Waals surface area contributed by atoms with Gasteiger partial charge in [0.1, 0.15) is 5.75 Å². The monoisotopic (exact) mass is 420 g/mol. The summed E-state index contributed by atoms with van der Waals surface area (Å²) in [6.45, 7) is 2.76. The van der Waals surface area contributed by atoms with Crippen molar-refractivity contribution < 1.29 is 13.2 Å². The van der Waals surface area contributed by atoms with Crippen LogP contribution in [0.1, 0.15) is 63.9 Å². The first-order valence-electron chi connectivity index (χ1n) is 10.9. The molecule has 2 aliphatic rings. The van der Waals surface area contributed by atoms with Gasteiger partial charge in [-0.1, -0.05) is 26.2 Å². The van der Waals surface area contributed by atoms with Gasteiger partial charge < -0.3 is 4.74 Å². The molecule has 29 heavy (non-hydrogen) atoms. The minimum absolute atomic E-state index is 0.201. The fourth-order valence-corrected chi connectivity index (χ4v) is 5.72. The van der Waals surface area contributed by atoms with Crippen molar-refractivity contribution in [2.75, 3.05) is 17.6 Å². The van der Waals surface area contributed by atoms with Crippen LogP contribution in [-0.4, -0.2) is 35.9 Å². The SMILES string of the molecule is CCc1cn2c(NS(C)(=O)=O)nnc2cc1OCCCC1CC2CCCC(C1)C2. The Morgan fingerprint density at radius 1 is 1.21 bits per heavy atom. The molecule has 0 aromatic carbocycles. The summed E-state index contributed by atoms with van der Waals surface area (Å²) in [5, 5.41) is 8.03. The maximum absolute atomic E-state index is 11.5. The van der Waals surface area contributed by atoms with Crippen LogP contribution in [0.15, 0.2) is 12.3 Å². The zero-order valence-electron chi connectivity index (χ0n) is 17.4. The van der Waals surface area contributed by atoms with Gasteiger partial charge in [0.25, 0.3) is 0 Å². The van der Waals surface area contributed by atoms with Gasteiger partial charge in [-0.05, 0) is 56.3 Å². The number of pyridine rings is 1. The summed E-state index contributed by atoms with van der Waals surface area (Å²) in [7, 11) is -3.41. The molecule has 0 spiro atoms. The Bertz CT molecular complexity index is 944. The van der Waals surface area contributed by atoms with Crippen molar-refractivity contribution in [1.29, 1.82) is 0 Å². The molecule has 2 saturated carbocycles. The zero-order chi connectivity index (χ0) is 20.4. The van der Waals surface area contributed by atoms with Crippen molar-refractivity contribution >= 4 is 21.6 Å². The summed E-state index contributed by atoms with van der Waals surface area (Å²) in [5.74, 6) is 3.85. The fraction of sp³-hybridized carbons (Fsp3) is 0.714. The average Bonchev–Trinajstić information content (AvgIpc) is 3.04. The second kappa shape index (κ2) is 8.50. The van der Waals surface area contributed by atoms with E-state index in [1.54, 1.807) is 4.40 Å². The van der Waals surface area contributed by atoms with E-state index in [2.05, 4.69) is 21.8 Å². The first-order chi connectivity index (χ1) is 13.9.